The predicted molar refractivity (Wildman–Crippen MR) is 81.7 cm³/mol. The second-order valence-electron chi connectivity index (χ2n) is 5.11. The third kappa shape index (κ3) is 3.03. The second-order valence-corrected chi connectivity index (χ2v) is 5.11. The van der Waals surface area contributed by atoms with E-state index in [1.165, 1.54) is 0 Å². The zero-order valence-corrected chi connectivity index (χ0v) is 12.4. The topological polar surface area (TPSA) is 44.8 Å². The molecule has 1 saturated heterocycles. The van der Waals surface area contributed by atoms with Gasteiger partial charge >= 0.3 is 0 Å². The van der Waals surface area contributed by atoms with E-state index in [2.05, 4.69) is 0 Å². The number of ether oxygens (including phenoxy) is 3. The molecule has 0 unspecified atom stereocenters. The molecular formula is C18H18O4. The summed E-state index contributed by atoms with van der Waals surface area (Å²) in [5.74, 6) is 0.698. The van der Waals surface area contributed by atoms with Gasteiger partial charge in [-0.2, -0.15) is 0 Å². The van der Waals surface area contributed by atoms with Gasteiger partial charge in [-0.25, -0.2) is 0 Å². The van der Waals surface area contributed by atoms with Crippen molar-refractivity contribution in [3.05, 3.63) is 65.2 Å². The molecule has 1 heterocycles. The lowest BCUT2D eigenvalue weighted by Gasteiger charge is -2.37. The largest absolute Gasteiger partial charge is 0.493 e. The van der Waals surface area contributed by atoms with Gasteiger partial charge in [0.25, 0.3) is 0 Å². The molecule has 1 fully saturated rings. The Labute approximate surface area is 129 Å². The summed E-state index contributed by atoms with van der Waals surface area (Å²) in [7, 11) is 0. The molecule has 0 atom stereocenters. The highest BCUT2D eigenvalue weighted by Gasteiger charge is 2.35. The van der Waals surface area contributed by atoms with Crippen molar-refractivity contribution < 1.29 is 19.0 Å². The molecule has 1 aliphatic heterocycles. The Kier molecular flexibility index (Phi) is 4.51. The van der Waals surface area contributed by atoms with Crippen LogP contribution in [0.25, 0.3) is 0 Å². The van der Waals surface area contributed by atoms with Crippen LogP contribution in [0, 0.1) is 0 Å². The van der Waals surface area contributed by atoms with Gasteiger partial charge in [-0.15, -0.1) is 0 Å². The van der Waals surface area contributed by atoms with E-state index in [-0.39, 0.29) is 6.29 Å². The van der Waals surface area contributed by atoms with E-state index in [0.717, 1.165) is 23.8 Å². The molecule has 0 radical (unpaired) electrons. The molecule has 2 aromatic carbocycles. The average molecular weight is 298 g/mol. The summed E-state index contributed by atoms with van der Waals surface area (Å²) < 4.78 is 17.3. The Bertz CT molecular complexity index is 633. The quantitative estimate of drug-likeness (QED) is 0.755. The van der Waals surface area contributed by atoms with E-state index in [0.29, 0.717) is 17.9 Å². The van der Waals surface area contributed by atoms with Gasteiger partial charge in [-0.1, -0.05) is 37.3 Å². The summed E-state index contributed by atoms with van der Waals surface area (Å²) in [4.78, 5) is 11.0. The number of hydrogen-bond acceptors (Lipinski definition) is 4. The fourth-order valence-corrected chi connectivity index (χ4v) is 2.32. The molecule has 0 N–H and O–H groups in total. The highest BCUT2D eigenvalue weighted by molar-refractivity contribution is 5.75. The van der Waals surface area contributed by atoms with Crippen molar-refractivity contribution in [2.24, 2.45) is 0 Å². The molecule has 114 valence electrons. The van der Waals surface area contributed by atoms with Crippen molar-refractivity contribution in [1.29, 1.82) is 0 Å². The van der Waals surface area contributed by atoms with Gasteiger partial charge in [0.15, 0.2) is 12.6 Å². The average Bonchev–Trinajstić information content (AvgIpc) is 2.53. The summed E-state index contributed by atoms with van der Waals surface area (Å²) in [5.41, 5.74) is 2.31. The van der Waals surface area contributed by atoms with Crippen LogP contribution in [0.15, 0.2) is 48.5 Å². The lowest BCUT2D eigenvalue weighted by Crippen LogP contribution is -2.27. The van der Waals surface area contributed by atoms with Gasteiger partial charge in [0.1, 0.15) is 12.0 Å². The maximum atomic E-state index is 11.0. The highest BCUT2D eigenvalue weighted by atomic mass is 16.9. The lowest BCUT2D eigenvalue weighted by molar-refractivity contribution is -0.397. The molecule has 0 spiro atoms. The lowest BCUT2D eigenvalue weighted by atomic mass is 10.1. The fraction of sp³-hybridized carbons (Fsp3) is 0.278. The molecular weight excluding hydrogens is 280 g/mol. The number of benzene rings is 2. The highest BCUT2D eigenvalue weighted by Crippen LogP contribution is 2.44. The second kappa shape index (κ2) is 6.73. The minimum atomic E-state index is -0.503. The number of carbonyl (C=O) groups excluding carboxylic acids is 1. The van der Waals surface area contributed by atoms with Crippen molar-refractivity contribution in [3.63, 3.8) is 0 Å². The molecule has 0 bridgehead atoms. The van der Waals surface area contributed by atoms with Gasteiger partial charge in [-0.05, 0) is 24.6 Å². The van der Waals surface area contributed by atoms with Crippen molar-refractivity contribution in [3.8, 4) is 5.75 Å². The molecule has 0 amide bonds. The van der Waals surface area contributed by atoms with Crippen LogP contribution in [0.5, 0.6) is 5.75 Å². The smallest absolute Gasteiger partial charge is 0.194 e. The number of aldehydes is 1. The van der Waals surface area contributed by atoms with Crippen molar-refractivity contribution in [2.45, 2.75) is 25.9 Å². The number of rotatable bonds is 6. The maximum Gasteiger partial charge on any atom is 0.194 e. The third-order valence-electron chi connectivity index (χ3n) is 3.45. The van der Waals surface area contributed by atoms with Gasteiger partial charge in [0, 0.05) is 11.1 Å². The number of hydrogen-bond donors (Lipinski definition) is 0. The van der Waals surface area contributed by atoms with Crippen molar-refractivity contribution in [1.82, 2.24) is 0 Å². The standard InChI is InChI=1S/C18H18O4/c1-2-10-20-16-9-8-13(12-19)11-15(16)18-21-17(22-18)14-6-4-3-5-7-14/h3-9,11-12,17-18H,2,10H2,1H3. The van der Waals surface area contributed by atoms with Gasteiger partial charge < -0.3 is 14.2 Å². The van der Waals surface area contributed by atoms with E-state index >= 15 is 0 Å². The molecule has 3 rings (SSSR count). The van der Waals surface area contributed by atoms with Crippen molar-refractivity contribution in [2.75, 3.05) is 6.61 Å². The molecule has 0 aliphatic carbocycles. The van der Waals surface area contributed by atoms with Gasteiger partial charge in [-0.3, -0.25) is 4.79 Å². The minimum Gasteiger partial charge on any atom is -0.493 e. The van der Waals surface area contributed by atoms with E-state index < -0.39 is 6.29 Å². The molecule has 2 aromatic rings. The molecule has 4 nitrogen and oxygen atoms in total. The molecule has 0 saturated carbocycles. The Hall–Kier alpha value is -2.17. The van der Waals surface area contributed by atoms with Gasteiger partial charge in [0.2, 0.25) is 0 Å². The van der Waals surface area contributed by atoms with Crippen LogP contribution in [0.3, 0.4) is 0 Å². The molecule has 4 heteroatoms. The SMILES string of the molecule is CCCOc1ccc(C=O)cc1C1OC(c2ccccc2)O1. The Morgan fingerprint density at radius 3 is 2.55 bits per heavy atom. The van der Waals surface area contributed by atoms with Crippen LogP contribution in [-0.2, 0) is 9.47 Å². The Morgan fingerprint density at radius 1 is 1.09 bits per heavy atom. The van der Waals surface area contributed by atoms with E-state index in [1.807, 2.05) is 37.3 Å². The van der Waals surface area contributed by atoms with Crippen LogP contribution in [0.1, 0.15) is 47.4 Å². The van der Waals surface area contributed by atoms with Crippen LogP contribution >= 0.6 is 0 Å². The van der Waals surface area contributed by atoms with Crippen LogP contribution < -0.4 is 4.74 Å². The first-order chi connectivity index (χ1) is 10.8. The summed E-state index contributed by atoms with van der Waals surface area (Å²) in [6.45, 7) is 2.66. The van der Waals surface area contributed by atoms with Crippen LogP contribution in [0.4, 0.5) is 0 Å². The van der Waals surface area contributed by atoms with E-state index in [1.54, 1.807) is 18.2 Å². The normalized spacial score (nSPS) is 20.2. The third-order valence-corrected chi connectivity index (χ3v) is 3.45. The first kappa shape index (κ1) is 14.8. The maximum absolute atomic E-state index is 11.0. The summed E-state index contributed by atoms with van der Waals surface area (Å²) in [5, 5.41) is 0. The van der Waals surface area contributed by atoms with Crippen LogP contribution in [-0.4, -0.2) is 12.9 Å². The Balaban J connectivity index is 1.75. The summed E-state index contributed by atoms with van der Waals surface area (Å²) in [6, 6.07) is 15.0. The summed E-state index contributed by atoms with van der Waals surface area (Å²) in [6.07, 6.45) is 0.844. The monoisotopic (exact) mass is 298 g/mol. The minimum absolute atomic E-state index is 0.370. The first-order valence-corrected chi connectivity index (χ1v) is 7.39. The molecule has 0 aromatic heterocycles. The van der Waals surface area contributed by atoms with E-state index in [9.17, 15) is 4.79 Å². The molecule has 1 aliphatic rings. The summed E-state index contributed by atoms with van der Waals surface area (Å²) >= 11 is 0. The fourth-order valence-electron chi connectivity index (χ4n) is 2.32. The zero-order valence-electron chi connectivity index (χ0n) is 12.4. The van der Waals surface area contributed by atoms with Crippen LogP contribution in [0.2, 0.25) is 0 Å². The predicted octanol–water partition coefficient (Wildman–Crippen LogP) is 4.03. The van der Waals surface area contributed by atoms with Crippen molar-refractivity contribution >= 4 is 6.29 Å². The Morgan fingerprint density at radius 2 is 1.86 bits per heavy atom. The number of carbonyl (C=O) groups is 1. The zero-order chi connectivity index (χ0) is 15.4. The van der Waals surface area contributed by atoms with E-state index in [4.69, 9.17) is 14.2 Å². The molecule has 22 heavy (non-hydrogen) atoms. The first-order valence-electron chi connectivity index (χ1n) is 7.39. The van der Waals surface area contributed by atoms with Gasteiger partial charge in [0.05, 0.1) is 12.2 Å².